The molecule has 4 rings (SSSR count). The highest BCUT2D eigenvalue weighted by Crippen LogP contribution is 2.27. The van der Waals surface area contributed by atoms with Crippen LogP contribution in [-0.2, 0) is 6.54 Å². The van der Waals surface area contributed by atoms with E-state index in [2.05, 4.69) is 45.4 Å². The number of ether oxygens (including phenoxy) is 1. The normalized spacial score (nSPS) is 16.9. The van der Waals surface area contributed by atoms with Crippen LogP contribution in [0.5, 0.6) is 5.75 Å². The molecule has 5 heteroatoms. The van der Waals surface area contributed by atoms with Crippen LogP contribution in [0.15, 0.2) is 35.8 Å². The van der Waals surface area contributed by atoms with Crippen molar-refractivity contribution in [1.29, 1.82) is 0 Å². The maximum absolute atomic E-state index is 6.27. The smallest absolute Gasteiger partial charge is 0.129 e. The fraction of sp³-hybridized carbons (Fsp3) is 0.389. The van der Waals surface area contributed by atoms with Gasteiger partial charge in [0.05, 0.1) is 10.7 Å². The second kappa shape index (κ2) is 6.34. The van der Waals surface area contributed by atoms with Crippen LogP contribution < -0.4 is 4.74 Å². The van der Waals surface area contributed by atoms with E-state index in [-0.39, 0.29) is 0 Å². The van der Waals surface area contributed by atoms with E-state index >= 15 is 0 Å². The molecule has 3 heterocycles. The molecule has 0 unspecified atom stereocenters. The third-order valence-electron chi connectivity index (χ3n) is 4.44. The van der Waals surface area contributed by atoms with E-state index in [0.29, 0.717) is 6.10 Å². The van der Waals surface area contributed by atoms with Gasteiger partial charge >= 0.3 is 0 Å². The molecule has 0 aliphatic carbocycles. The fourth-order valence-corrected chi connectivity index (χ4v) is 3.84. The van der Waals surface area contributed by atoms with Crippen LogP contribution in [0.4, 0.5) is 0 Å². The van der Waals surface area contributed by atoms with Crippen LogP contribution in [0.25, 0.3) is 10.9 Å². The number of likely N-dealkylation sites (tertiary alicyclic amines) is 1. The number of aryl methyl sites for hydroxylation is 1. The molecule has 3 aromatic rings. The summed E-state index contributed by atoms with van der Waals surface area (Å²) in [6.45, 7) is 5.18. The minimum atomic E-state index is 0.309. The second-order valence-electron chi connectivity index (χ2n) is 6.15. The lowest BCUT2D eigenvalue weighted by Gasteiger charge is -2.31. The number of thiazole rings is 1. The van der Waals surface area contributed by atoms with Gasteiger partial charge in [-0.15, -0.1) is 11.3 Å². The number of H-pyrrole nitrogens is 1. The zero-order valence-electron chi connectivity index (χ0n) is 13.3. The number of piperidine rings is 1. The zero-order valence-corrected chi connectivity index (χ0v) is 14.1. The molecule has 0 radical (unpaired) electrons. The Morgan fingerprint density at radius 2 is 2.17 bits per heavy atom. The summed E-state index contributed by atoms with van der Waals surface area (Å²) >= 11 is 1.73. The molecule has 0 amide bonds. The predicted molar refractivity (Wildman–Crippen MR) is 94.1 cm³/mol. The minimum Gasteiger partial charge on any atom is -0.490 e. The molecule has 120 valence electrons. The Kier molecular flexibility index (Phi) is 4.06. The Morgan fingerprint density at radius 1 is 1.30 bits per heavy atom. The molecule has 2 aromatic heterocycles. The van der Waals surface area contributed by atoms with Gasteiger partial charge in [0, 0.05) is 42.1 Å². The number of aromatic amines is 1. The van der Waals surface area contributed by atoms with Crippen LogP contribution in [0.1, 0.15) is 23.5 Å². The van der Waals surface area contributed by atoms with E-state index < -0.39 is 0 Å². The van der Waals surface area contributed by atoms with Gasteiger partial charge in [-0.1, -0.05) is 6.07 Å². The highest BCUT2D eigenvalue weighted by atomic mass is 32.1. The summed E-state index contributed by atoms with van der Waals surface area (Å²) in [4.78, 5) is 10.3. The quantitative estimate of drug-likeness (QED) is 0.788. The van der Waals surface area contributed by atoms with Crippen molar-refractivity contribution in [2.24, 2.45) is 0 Å². The maximum atomic E-state index is 6.27. The van der Waals surface area contributed by atoms with Gasteiger partial charge in [0.25, 0.3) is 0 Å². The Balaban J connectivity index is 1.35. The van der Waals surface area contributed by atoms with Gasteiger partial charge in [-0.2, -0.15) is 0 Å². The van der Waals surface area contributed by atoms with Crippen molar-refractivity contribution in [3.05, 3.63) is 46.5 Å². The molecular formula is C18H21N3OS. The van der Waals surface area contributed by atoms with E-state index in [1.807, 2.05) is 12.3 Å². The third-order valence-corrected chi connectivity index (χ3v) is 5.26. The SMILES string of the molecule is Cc1nc(CN2CCC(Oc3cccc4[nH]ccc34)CC2)cs1. The van der Waals surface area contributed by atoms with Crippen molar-refractivity contribution in [3.8, 4) is 5.75 Å². The van der Waals surface area contributed by atoms with E-state index in [9.17, 15) is 0 Å². The zero-order chi connectivity index (χ0) is 15.6. The number of hydrogen-bond acceptors (Lipinski definition) is 4. The Morgan fingerprint density at radius 3 is 2.96 bits per heavy atom. The lowest BCUT2D eigenvalue weighted by atomic mass is 10.1. The highest BCUT2D eigenvalue weighted by Gasteiger charge is 2.21. The molecular weight excluding hydrogens is 306 g/mol. The van der Waals surface area contributed by atoms with Gasteiger partial charge in [-0.25, -0.2) is 4.98 Å². The molecule has 1 aliphatic rings. The first-order valence-electron chi connectivity index (χ1n) is 8.14. The summed E-state index contributed by atoms with van der Waals surface area (Å²) in [6.07, 6.45) is 4.42. The van der Waals surface area contributed by atoms with Crippen molar-refractivity contribution in [2.75, 3.05) is 13.1 Å². The molecule has 0 atom stereocenters. The largest absolute Gasteiger partial charge is 0.490 e. The van der Waals surface area contributed by atoms with Gasteiger partial charge in [0.15, 0.2) is 0 Å². The van der Waals surface area contributed by atoms with Gasteiger partial charge in [-0.05, 0) is 38.0 Å². The molecule has 23 heavy (non-hydrogen) atoms. The van der Waals surface area contributed by atoms with Crippen molar-refractivity contribution in [2.45, 2.75) is 32.4 Å². The summed E-state index contributed by atoms with van der Waals surface area (Å²) in [5.41, 5.74) is 2.34. The Labute approximate surface area is 140 Å². The number of fused-ring (bicyclic) bond motifs is 1. The predicted octanol–water partition coefficient (Wildman–Crippen LogP) is 3.98. The van der Waals surface area contributed by atoms with E-state index in [1.165, 1.54) is 11.1 Å². The molecule has 1 N–H and O–H groups in total. The topological polar surface area (TPSA) is 41.2 Å². The first-order valence-corrected chi connectivity index (χ1v) is 9.02. The number of hydrogen-bond donors (Lipinski definition) is 1. The van der Waals surface area contributed by atoms with Crippen LogP contribution in [0.3, 0.4) is 0 Å². The van der Waals surface area contributed by atoms with E-state index in [4.69, 9.17) is 4.74 Å². The standard InChI is InChI=1S/C18H21N3OS/c1-13-20-14(12-23-13)11-21-9-6-15(7-10-21)22-18-4-2-3-17-16(18)5-8-19-17/h2-5,8,12,15,19H,6-7,9-11H2,1H3. The molecule has 1 saturated heterocycles. The molecule has 4 nitrogen and oxygen atoms in total. The number of rotatable bonds is 4. The molecule has 0 spiro atoms. The van der Waals surface area contributed by atoms with Crippen molar-refractivity contribution >= 4 is 22.2 Å². The third kappa shape index (κ3) is 3.26. The number of benzene rings is 1. The summed E-state index contributed by atoms with van der Waals surface area (Å²) < 4.78 is 6.27. The minimum absolute atomic E-state index is 0.309. The average molecular weight is 327 g/mol. The van der Waals surface area contributed by atoms with Gasteiger partial charge < -0.3 is 9.72 Å². The average Bonchev–Trinajstić information content (AvgIpc) is 3.19. The lowest BCUT2D eigenvalue weighted by molar-refractivity contribution is 0.0974. The van der Waals surface area contributed by atoms with Crippen molar-refractivity contribution < 1.29 is 4.74 Å². The van der Waals surface area contributed by atoms with E-state index in [0.717, 1.165) is 48.7 Å². The maximum Gasteiger partial charge on any atom is 0.129 e. The fourth-order valence-electron chi connectivity index (χ4n) is 3.23. The second-order valence-corrected chi connectivity index (χ2v) is 7.21. The first kappa shape index (κ1) is 14.7. The van der Waals surface area contributed by atoms with Crippen molar-refractivity contribution in [1.82, 2.24) is 14.9 Å². The van der Waals surface area contributed by atoms with Gasteiger partial charge in [0.2, 0.25) is 0 Å². The molecule has 1 aliphatic heterocycles. The van der Waals surface area contributed by atoms with Crippen LogP contribution in [0.2, 0.25) is 0 Å². The summed E-state index contributed by atoms with van der Waals surface area (Å²) in [6, 6.07) is 8.29. The van der Waals surface area contributed by atoms with E-state index in [1.54, 1.807) is 11.3 Å². The van der Waals surface area contributed by atoms with Crippen LogP contribution in [0, 0.1) is 6.92 Å². The molecule has 1 aromatic carbocycles. The van der Waals surface area contributed by atoms with Gasteiger partial charge in [-0.3, -0.25) is 4.90 Å². The lowest BCUT2D eigenvalue weighted by Crippen LogP contribution is -2.37. The Hall–Kier alpha value is -1.85. The first-order chi connectivity index (χ1) is 11.3. The number of nitrogens with zero attached hydrogens (tertiary/aromatic N) is 2. The molecule has 0 saturated carbocycles. The summed E-state index contributed by atoms with van der Waals surface area (Å²) in [5, 5.41) is 4.50. The molecule has 0 bridgehead atoms. The van der Waals surface area contributed by atoms with Gasteiger partial charge in [0.1, 0.15) is 11.9 Å². The highest BCUT2D eigenvalue weighted by molar-refractivity contribution is 7.09. The monoisotopic (exact) mass is 327 g/mol. The Bertz CT molecular complexity index is 786. The van der Waals surface area contributed by atoms with Crippen molar-refractivity contribution in [3.63, 3.8) is 0 Å². The summed E-state index contributed by atoms with van der Waals surface area (Å²) in [5.74, 6) is 0.998. The molecule has 1 fully saturated rings. The van der Waals surface area contributed by atoms with Crippen LogP contribution >= 0.6 is 11.3 Å². The number of nitrogens with one attached hydrogen (secondary N) is 1. The summed E-state index contributed by atoms with van der Waals surface area (Å²) in [7, 11) is 0. The van der Waals surface area contributed by atoms with Crippen LogP contribution in [-0.4, -0.2) is 34.1 Å². The number of aromatic nitrogens is 2.